The van der Waals surface area contributed by atoms with Crippen molar-refractivity contribution in [3.05, 3.63) is 47.6 Å². The number of carbonyl (C=O) groups is 2. The summed E-state index contributed by atoms with van der Waals surface area (Å²) in [6.07, 6.45) is 11.5. The Morgan fingerprint density at radius 3 is 2.30 bits per heavy atom. The van der Waals surface area contributed by atoms with Crippen LogP contribution in [0.2, 0.25) is 0 Å². The zero-order chi connectivity index (χ0) is 31.2. The van der Waals surface area contributed by atoms with E-state index in [1.54, 1.807) is 14.2 Å². The van der Waals surface area contributed by atoms with E-state index in [9.17, 15) is 9.59 Å². The maximum Gasteiger partial charge on any atom is 0.312 e. The molecule has 5 saturated carbocycles. The van der Waals surface area contributed by atoms with Gasteiger partial charge in [-0.1, -0.05) is 65.0 Å². The van der Waals surface area contributed by atoms with Gasteiger partial charge in [-0.3, -0.25) is 9.59 Å². The van der Waals surface area contributed by atoms with Crippen LogP contribution in [0.3, 0.4) is 0 Å². The quantitative estimate of drug-likeness (QED) is 0.201. The van der Waals surface area contributed by atoms with Gasteiger partial charge in [0.2, 0.25) is 0 Å². The SMILES string of the molecule is C=C(C)C1CC[C@]2(C(=O)OC)CC[C@]3(C)[C@H](CC[C@@H]4[C@@]5(C)C/C(=C/c6ccccc6OC)C(=O)C(C)(C)C5CC[C@]43C)C12. The highest BCUT2D eigenvalue weighted by Gasteiger charge is 2.72. The van der Waals surface area contributed by atoms with E-state index in [-0.39, 0.29) is 27.6 Å². The Kier molecular flexibility index (Phi) is 7.18. The van der Waals surface area contributed by atoms with Crippen LogP contribution < -0.4 is 4.74 Å². The van der Waals surface area contributed by atoms with Crippen LogP contribution in [0.1, 0.15) is 105 Å². The number of hydrogen-bond acceptors (Lipinski definition) is 4. The van der Waals surface area contributed by atoms with Gasteiger partial charge in [0.05, 0.1) is 19.6 Å². The van der Waals surface area contributed by atoms with Gasteiger partial charge in [0.25, 0.3) is 0 Å². The second-order valence-corrected chi connectivity index (χ2v) is 16.5. The van der Waals surface area contributed by atoms with E-state index in [0.29, 0.717) is 35.4 Å². The molecule has 0 aliphatic heterocycles. The summed E-state index contributed by atoms with van der Waals surface area (Å²) in [5, 5.41) is 0. The fourth-order valence-corrected chi connectivity index (χ4v) is 12.7. The minimum absolute atomic E-state index is 0.0184. The van der Waals surface area contributed by atoms with Crippen LogP contribution >= 0.6 is 0 Å². The van der Waals surface area contributed by atoms with Crippen molar-refractivity contribution in [3.63, 3.8) is 0 Å². The van der Waals surface area contributed by atoms with Crippen LogP contribution in [0, 0.1) is 56.7 Å². The van der Waals surface area contributed by atoms with Gasteiger partial charge in [0, 0.05) is 11.0 Å². The standard InChI is InChI=1S/C39H54O4/c1-24(2)27-16-19-39(34(41)43-9)21-20-37(6)28(32(27)39)14-15-31-36(5)23-26(22-25-12-10-11-13-29(25)42-8)33(40)35(3,4)30(36)17-18-38(31,37)7/h10-13,22,27-28,30-32H,1,14-21,23H2,2-9H3/b26-22-/t27?,28-,30?,31-,32?,36+,37-,38-,39+/m1/s1. The van der Waals surface area contributed by atoms with Gasteiger partial charge in [-0.2, -0.15) is 0 Å². The van der Waals surface area contributed by atoms with Crippen molar-refractivity contribution in [2.45, 2.75) is 99.3 Å². The Labute approximate surface area is 260 Å². The summed E-state index contributed by atoms with van der Waals surface area (Å²) < 4.78 is 11.2. The van der Waals surface area contributed by atoms with E-state index in [0.717, 1.165) is 74.7 Å². The number of ether oxygens (including phenoxy) is 2. The van der Waals surface area contributed by atoms with Crippen molar-refractivity contribution in [1.29, 1.82) is 0 Å². The van der Waals surface area contributed by atoms with Crippen molar-refractivity contribution < 1.29 is 19.1 Å². The van der Waals surface area contributed by atoms with Crippen molar-refractivity contribution in [3.8, 4) is 5.75 Å². The van der Waals surface area contributed by atoms with Crippen molar-refractivity contribution >= 4 is 17.8 Å². The summed E-state index contributed by atoms with van der Waals surface area (Å²) in [6, 6.07) is 8.05. The zero-order valence-corrected chi connectivity index (χ0v) is 28.0. The zero-order valence-electron chi connectivity index (χ0n) is 28.0. The molecule has 0 amide bonds. The van der Waals surface area contributed by atoms with Gasteiger partial charge in [0.1, 0.15) is 5.75 Å². The minimum Gasteiger partial charge on any atom is -0.496 e. The molecule has 0 radical (unpaired) electrons. The van der Waals surface area contributed by atoms with E-state index >= 15 is 0 Å². The fourth-order valence-electron chi connectivity index (χ4n) is 12.7. The molecule has 0 spiro atoms. The first-order valence-corrected chi connectivity index (χ1v) is 16.8. The van der Waals surface area contributed by atoms with E-state index < -0.39 is 5.41 Å². The molecule has 6 rings (SSSR count). The Morgan fingerprint density at radius 1 is 0.907 bits per heavy atom. The molecule has 0 aromatic heterocycles. The van der Waals surface area contributed by atoms with Gasteiger partial charge in [0.15, 0.2) is 5.78 Å². The Balaban J connectivity index is 1.42. The van der Waals surface area contributed by atoms with Crippen LogP contribution in [0.25, 0.3) is 6.08 Å². The molecule has 4 nitrogen and oxygen atoms in total. The number of esters is 1. The van der Waals surface area contributed by atoms with E-state index in [4.69, 9.17) is 9.47 Å². The topological polar surface area (TPSA) is 52.6 Å². The molecule has 0 heterocycles. The van der Waals surface area contributed by atoms with Crippen molar-refractivity contribution in [1.82, 2.24) is 0 Å². The highest BCUT2D eigenvalue weighted by atomic mass is 16.5. The van der Waals surface area contributed by atoms with Gasteiger partial charge in [-0.05, 0) is 128 Å². The van der Waals surface area contributed by atoms with Gasteiger partial charge >= 0.3 is 5.97 Å². The van der Waals surface area contributed by atoms with Gasteiger partial charge in [-0.25, -0.2) is 0 Å². The number of benzene rings is 1. The number of Topliss-reactive ketones (excluding diaryl/α,β-unsaturated/α-hetero) is 1. The first-order chi connectivity index (χ1) is 20.2. The monoisotopic (exact) mass is 586 g/mol. The summed E-state index contributed by atoms with van der Waals surface area (Å²) in [6.45, 7) is 18.8. The van der Waals surface area contributed by atoms with E-state index in [1.165, 1.54) is 5.57 Å². The normalized spacial score (nSPS) is 44.0. The lowest BCUT2D eigenvalue weighted by atomic mass is 9.32. The molecule has 9 atom stereocenters. The van der Waals surface area contributed by atoms with Crippen LogP contribution in [-0.2, 0) is 14.3 Å². The fraction of sp³-hybridized carbons (Fsp3) is 0.692. The average Bonchev–Trinajstić information content (AvgIpc) is 3.37. The molecule has 5 fully saturated rings. The number of para-hydroxylation sites is 1. The Morgan fingerprint density at radius 2 is 1.63 bits per heavy atom. The second-order valence-electron chi connectivity index (χ2n) is 16.5. The highest BCUT2D eigenvalue weighted by Crippen LogP contribution is 2.77. The minimum atomic E-state index is -0.414. The lowest BCUT2D eigenvalue weighted by Crippen LogP contribution is -2.67. The van der Waals surface area contributed by atoms with Crippen LogP contribution in [0.4, 0.5) is 0 Å². The number of methoxy groups -OCH3 is 2. The van der Waals surface area contributed by atoms with Crippen LogP contribution in [0.15, 0.2) is 42.0 Å². The van der Waals surface area contributed by atoms with E-state index in [2.05, 4.69) is 60.3 Å². The average molecular weight is 587 g/mol. The summed E-state index contributed by atoms with van der Waals surface area (Å²) in [5.41, 5.74) is 2.68. The number of carbonyl (C=O) groups excluding carboxylic acids is 2. The molecule has 4 heteroatoms. The summed E-state index contributed by atoms with van der Waals surface area (Å²) in [4.78, 5) is 27.7. The second kappa shape index (κ2) is 10.1. The molecule has 1 aromatic carbocycles. The molecule has 3 unspecified atom stereocenters. The van der Waals surface area contributed by atoms with Gasteiger partial charge < -0.3 is 9.47 Å². The summed E-state index contributed by atoms with van der Waals surface area (Å²) in [7, 11) is 3.29. The van der Waals surface area contributed by atoms with Crippen LogP contribution in [0.5, 0.6) is 5.75 Å². The predicted octanol–water partition coefficient (Wildman–Crippen LogP) is 9.09. The molecule has 0 saturated heterocycles. The number of rotatable bonds is 4. The number of fused-ring (bicyclic) bond motifs is 7. The highest BCUT2D eigenvalue weighted by molar-refractivity contribution is 6.04. The van der Waals surface area contributed by atoms with Crippen molar-refractivity contribution in [2.75, 3.05) is 14.2 Å². The van der Waals surface area contributed by atoms with Gasteiger partial charge in [-0.15, -0.1) is 0 Å². The lowest BCUT2D eigenvalue weighted by Gasteiger charge is -2.72. The Hall–Kier alpha value is -2.36. The number of hydrogen-bond donors (Lipinski definition) is 0. The molecule has 0 bridgehead atoms. The molecule has 234 valence electrons. The summed E-state index contributed by atoms with van der Waals surface area (Å²) in [5.74, 6) is 3.19. The maximum atomic E-state index is 14.2. The predicted molar refractivity (Wildman–Crippen MR) is 172 cm³/mol. The van der Waals surface area contributed by atoms with Crippen molar-refractivity contribution in [2.24, 2.45) is 56.7 Å². The first-order valence-electron chi connectivity index (χ1n) is 16.8. The number of ketones is 1. The molecule has 5 aliphatic rings. The third-order valence-corrected chi connectivity index (χ3v) is 14.7. The van der Waals surface area contributed by atoms with E-state index in [1.807, 2.05) is 18.2 Å². The smallest absolute Gasteiger partial charge is 0.312 e. The number of allylic oxidation sites excluding steroid dienone is 2. The maximum absolute atomic E-state index is 14.2. The molecule has 43 heavy (non-hydrogen) atoms. The molecular weight excluding hydrogens is 532 g/mol. The molecular formula is C39H54O4. The lowest BCUT2D eigenvalue weighted by molar-refractivity contribution is -0.232. The molecule has 1 aromatic rings. The third-order valence-electron chi connectivity index (χ3n) is 14.7. The largest absolute Gasteiger partial charge is 0.496 e. The third kappa shape index (κ3) is 3.99. The summed E-state index contributed by atoms with van der Waals surface area (Å²) >= 11 is 0. The van der Waals surface area contributed by atoms with Crippen LogP contribution in [-0.4, -0.2) is 26.0 Å². The molecule has 5 aliphatic carbocycles. The Bertz CT molecular complexity index is 1370. The first kappa shape index (κ1) is 30.7. The molecule has 0 N–H and O–H groups in total.